The number of ether oxygens (including phenoxy) is 1. The van der Waals surface area contributed by atoms with Crippen molar-refractivity contribution in [1.29, 1.82) is 0 Å². The fraction of sp³-hybridized carbons (Fsp3) is 0.308. The Hall–Kier alpha value is -3.16. The van der Waals surface area contributed by atoms with Crippen LogP contribution in [-0.2, 0) is 4.79 Å². The van der Waals surface area contributed by atoms with Crippen molar-refractivity contribution >= 4 is 40.8 Å². The van der Waals surface area contributed by atoms with Gasteiger partial charge in [-0.25, -0.2) is 9.97 Å². The van der Waals surface area contributed by atoms with E-state index < -0.39 is 5.97 Å². The van der Waals surface area contributed by atoms with Crippen LogP contribution in [0, 0.1) is 5.92 Å². The van der Waals surface area contributed by atoms with Gasteiger partial charge < -0.3 is 15.2 Å². The third kappa shape index (κ3) is 7.94. The molecule has 2 heterocycles. The van der Waals surface area contributed by atoms with Crippen molar-refractivity contribution < 1.29 is 19.4 Å². The van der Waals surface area contributed by atoms with E-state index in [9.17, 15) is 9.59 Å². The van der Waals surface area contributed by atoms with Gasteiger partial charge in [-0.3, -0.25) is 9.59 Å². The van der Waals surface area contributed by atoms with Crippen molar-refractivity contribution in [3.8, 4) is 17.0 Å². The van der Waals surface area contributed by atoms with Gasteiger partial charge in [0, 0.05) is 58.0 Å². The maximum absolute atomic E-state index is 12.2. The predicted molar refractivity (Wildman–Crippen MR) is 137 cm³/mol. The molecule has 0 saturated carbocycles. The molecule has 184 valence electrons. The molecule has 1 atom stereocenters. The number of aromatic nitrogens is 2. The third-order valence-electron chi connectivity index (χ3n) is 5.41. The van der Waals surface area contributed by atoms with Crippen LogP contribution in [0.3, 0.4) is 0 Å². The highest BCUT2D eigenvalue weighted by Gasteiger charge is 2.16. The molecule has 1 aromatic carbocycles. The van der Waals surface area contributed by atoms with Crippen LogP contribution < -0.4 is 10.1 Å². The lowest BCUT2D eigenvalue weighted by atomic mass is 10.1. The molecule has 35 heavy (non-hydrogen) atoms. The first-order valence-corrected chi connectivity index (χ1v) is 12.0. The summed E-state index contributed by atoms with van der Waals surface area (Å²) < 4.78 is 5.91. The molecule has 0 spiro atoms. The summed E-state index contributed by atoms with van der Waals surface area (Å²) in [5.41, 5.74) is 2.16. The smallest absolute Gasteiger partial charge is 0.303 e. The summed E-state index contributed by atoms with van der Waals surface area (Å²) in [6.07, 6.45) is 3.67. The molecule has 2 N–H and O–H groups in total. The van der Waals surface area contributed by atoms with E-state index in [1.807, 2.05) is 12.1 Å². The predicted octanol–water partition coefficient (Wildman–Crippen LogP) is 6.40. The minimum absolute atomic E-state index is 0.0265. The van der Waals surface area contributed by atoms with Crippen LogP contribution in [0.2, 0.25) is 10.0 Å². The number of hydrogen-bond acceptors (Lipinski definition) is 6. The number of benzene rings is 1. The summed E-state index contributed by atoms with van der Waals surface area (Å²) in [5.74, 6) is 0.316. The van der Waals surface area contributed by atoms with E-state index in [-0.39, 0.29) is 30.6 Å². The Morgan fingerprint density at radius 3 is 2.43 bits per heavy atom. The zero-order valence-corrected chi connectivity index (χ0v) is 21.0. The highest BCUT2D eigenvalue weighted by Crippen LogP contribution is 2.30. The highest BCUT2D eigenvalue weighted by atomic mass is 35.5. The van der Waals surface area contributed by atoms with Crippen LogP contribution in [0.15, 0.2) is 54.9 Å². The number of Topliss-reactive ketones (excluding diaryl/α,β-unsaturated/α-hetero) is 1. The molecule has 0 bridgehead atoms. The maximum Gasteiger partial charge on any atom is 0.303 e. The summed E-state index contributed by atoms with van der Waals surface area (Å²) in [6, 6.07) is 12.4. The largest absolute Gasteiger partial charge is 0.481 e. The van der Waals surface area contributed by atoms with Gasteiger partial charge >= 0.3 is 5.97 Å². The number of carbonyl (C=O) groups excluding carboxylic acids is 1. The van der Waals surface area contributed by atoms with E-state index in [1.54, 1.807) is 36.5 Å². The van der Waals surface area contributed by atoms with Crippen molar-refractivity contribution in [3.63, 3.8) is 0 Å². The van der Waals surface area contributed by atoms with Crippen molar-refractivity contribution in [1.82, 2.24) is 9.97 Å². The Balaban J connectivity index is 1.56. The number of aliphatic carboxylic acids is 1. The molecule has 0 radical (unpaired) electrons. The average Bonchev–Trinajstić information content (AvgIpc) is 2.82. The second kappa shape index (κ2) is 12.5. The molecule has 3 aromatic rings. The van der Waals surface area contributed by atoms with E-state index in [0.29, 0.717) is 40.3 Å². The molecule has 0 unspecified atom stereocenters. The lowest BCUT2D eigenvalue weighted by Gasteiger charge is -2.23. The lowest BCUT2D eigenvalue weighted by Crippen LogP contribution is -2.32. The Labute approximate surface area is 214 Å². The van der Waals surface area contributed by atoms with Gasteiger partial charge in [-0.1, -0.05) is 43.1 Å². The number of hydrogen-bond donors (Lipinski definition) is 2. The molecular weight excluding hydrogens is 489 g/mol. The first-order valence-electron chi connectivity index (χ1n) is 11.2. The molecule has 0 fully saturated rings. The number of carboxylic acids is 1. The number of rotatable bonds is 12. The van der Waals surface area contributed by atoms with Crippen LogP contribution in [0.1, 0.15) is 43.5 Å². The number of ketones is 1. The third-order valence-corrected chi connectivity index (χ3v) is 5.96. The number of anilines is 1. The zero-order valence-electron chi connectivity index (χ0n) is 19.5. The van der Waals surface area contributed by atoms with Crippen LogP contribution in [-0.4, -0.2) is 39.5 Å². The molecule has 0 aliphatic heterocycles. The monoisotopic (exact) mass is 515 g/mol. The topological polar surface area (TPSA) is 101 Å². The van der Waals surface area contributed by atoms with Gasteiger partial charge in [0.1, 0.15) is 12.4 Å². The van der Waals surface area contributed by atoms with Crippen LogP contribution in [0.25, 0.3) is 11.1 Å². The minimum Gasteiger partial charge on any atom is -0.481 e. The lowest BCUT2D eigenvalue weighted by molar-refractivity contribution is -0.137. The number of nitrogens with one attached hydrogen (secondary N) is 1. The SMILES string of the molecule is CC(C)[C@@H](COc1ccc(-c2ccc(Cl)cc2Cl)cn1)Nc1ccc(C(=O)CCCC(=O)O)cn1. The van der Waals surface area contributed by atoms with Crippen LogP contribution >= 0.6 is 23.2 Å². The molecule has 0 aliphatic rings. The van der Waals surface area contributed by atoms with E-state index in [1.165, 1.54) is 6.20 Å². The normalized spacial score (nSPS) is 11.8. The van der Waals surface area contributed by atoms with Gasteiger partial charge in [-0.05, 0) is 42.7 Å². The first-order chi connectivity index (χ1) is 16.7. The molecule has 9 heteroatoms. The molecule has 7 nitrogen and oxygen atoms in total. The Bertz CT molecular complexity index is 1150. The van der Waals surface area contributed by atoms with Gasteiger partial charge in [0.2, 0.25) is 5.88 Å². The molecule has 3 rings (SSSR count). The van der Waals surface area contributed by atoms with Crippen molar-refractivity contribution in [3.05, 3.63) is 70.5 Å². The van der Waals surface area contributed by atoms with Gasteiger partial charge in [-0.2, -0.15) is 0 Å². The van der Waals surface area contributed by atoms with E-state index >= 15 is 0 Å². The van der Waals surface area contributed by atoms with Gasteiger partial charge in [0.05, 0.1) is 6.04 Å². The molecule has 0 aliphatic carbocycles. The Morgan fingerprint density at radius 2 is 1.83 bits per heavy atom. The molecular formula is C26H27Cl2N3O4. The number of carboxylic acid groups (broad SMARTS) is 1. The van der Waals surface area contributed by atoms with Crippen molar-refractivity contribution in [2.75, 3.05) is 11.9 Å². The number of halogens is 2. The minimum atomic E-state index is -0.908. The summed E-state index contributed by atoms with van der Waals surface area (Å²) in [4.78, 5) is 31.5. The van der Waals surface area contributed by atoms with E-state index in [0.717, 1.165) is 11.1 Å². The highest BCUT2D eigenvalue weighted by molar-refractivity contribution is 6.36. The van der Waals surface area contributed by atoms with Crippen LogP contribution in [0.5, 0.6) is 5.88 Å². The number of nitrogens with zero attached hydrogens (tertiary/aromatic N) is 2. The molecule has 0 amide bonds. The summed E-state index contributed by atoms with van der Waals surface area (Å²) in [6.45, 7) is 4.50. The van der Waals surface area contributed by atoms with Gasteiger partial charge in [-0.15, -0.1) is 0 Å². The van der Waals surface area contributed by atoms with Crippen molar-refractivity contribution in [2.24, 2.45) is 5.92 Å². The van der Waals surface area contributed by atoms with Gasteiger partial charge in [0.25, 0.3) is 0 Å². The second-order valence-electron chi connectivity index (χ2n) is 8.42. The van der Waals surface area contributed by atoms with E-state index in [2.05, 4.69) is 29.1 Å². The number of pyridine rings is 2. The maximum atomic E-state index is 12.2. The first kappa shape index (κ1) is 26.4. The number of carbonyl (C=O) groups is 2. The molecule has 0 saturated heterocycles. The van der Waals surface area contributed by atoms with Crippen molar-refractivity contribution in [2.45, 2.75) is 39.2 Å². The fourth-order valence-electron chi connectivity index (χ4n) is 3.30. The zero-order chi connectivity index (χ0) is 25.4. The summed E-state index contributed by atoms with van der Waals surface area (Å²) in [7, 11) is 0. The second-order valence-corrected chi connectivity index (χ2v) is 9.26. The fourth-order valence-corrected chi connectivity index (χ4v) is 3.82. The van der Waals surface area contributed by atoms with E-state index in [4.69, 9.17) is 33.0 Å². The Kier molecular flexibility index (Phi) is 9.46. The summed E-state index contributed by atoms with van der Waals surface area (Å²) >= 11 is 12.3. The quantitative estimate of drug-likeness (QED) is 0.269. The van der Waals surface area contributed by atoms with Gasteiger partial charge in [0.15, 0.2) is 5.78 Å². The average molecular weight is 516 g/mol. The standard InChI is InChI=1S/C26H27Cl2N3O4/c1-16(2)22(31-24-10-6-18(14-29-24)23(32)4-3-5-26(33)34)15-35-25-11-7-17(13-30-25)20-9-8-19(27)12-21(20)28/h6-14,16,22H,3-5,15H2,1-2H3,(H,29,31)(H,33,34)/t22-/m1/s1. The van der Waals surface area contributed by atoms with Crippen LogP contribution in [0.4, 0.5) is 5.82 Å². The summed E-state index contributed by atoms with van der Waals surface area (Å²) in [5, 5.41) is 13.2. The molecule has 2 aromatic heterocycles. The Morgan fingerprint density at radius 1 is 1.03 bits per heavy atom.